The summed E-state index contributed by atoms with van der Waals surface area (Å²) in [7, 11) is 0. The molecule has 6 nitrogen and oxygen atoms in total. The fourth-order valence-electron chi connectivity index (χ4n) is 4.03. The summed E-state index contributed by atoms with van der Waals surface area (Å²) in [5.41, 5.74) is 1.75. The number of phenolic OH excluding ortho intramolecular Hbond substituents is 1. The molecule has 0 spiro atoms. The van der Waals surface area contributed by atoms with E-state index >= 15 is 0 Å². The molecule has 7 heteroatoms. The number of anilines is 2. The molecule has 0 aromatic heterocycles. The van der Waals surface area contributed by atoms with E-state index in [1.807, 2.05) is 15.9 Å². The Hall–Kier alpha value is -2.93. The molecule has 0 saturated carbocycles. The number of nitrogens with zero attached hydrogens (tertiary/aromatic N) is 3. The van der Waals surface area contributed by atoms with Gasteiger partial charge in [-0.25, -0.2) is 9.29 Å². The van der Waals surface area contributed by atoms with Crippen LogP contribution in [-0.2, 0) is 9.59 Å². The highest BCUT2D eigenvalue weighted by Crippen LogP contribution is 2.31. The van der Waals surface area contributed by atoms with Crippen molar-refractivity contribution >= 4 is 23.2 Å². The first-order valence-corrected chi connectivity index (χ1v) is 9.35. The van der Waals surface area contributed by atoms with Crippen LogP contribution in [0, 0.1) is 12.7 Å². The molecule has 2 aromatic rings. The van der Waals surface area contributed by atoms with Crippen LogP contribution in [0.5, 0.6) is 5.75 Å². The van der Waals surface area contributed by atoms with E-state index in [0.29, 0.717) is 43.1 Å². The monoisotopic (exact) mass is 383 g/mol. The number of amides is 2. The molecule has 2 heterocycles. The van der Waals surface area contributed by atoms with Gasteiger partial charge in [-0.1, -0.05) is 12.1 Å². The molecule has 0 bridgehead atoms. The second kappa shape index (κ2) is 7.24. The third kappa shape index (κ3) is 3.22. The van der Waals surface area contributed by atoms with Gasteiger partial charge in [0.05, 0.1) is 23.8 Å². The number of carbonyl (C=O) groups excluding carboxylic acids is 2. The maximum absolute atomic E-state index is 14.0. The van der Waals surface area contributed by atoms with Crippen molar-refractivity contribution in [2.75, 3.05) is 36.0 Å². The number of aromatic hydroxyl groups is 1. The third-order valence-electron chi connectivity index (χ3n) is 5.49. The number of para-hydroxylation sites is 1. The molecular weight excluding hydrogens is 361 g/mol. The zero-order valence-corrected chi connectivity index (χ0v) is 15.6. The summed E-state index contributed by atoms with van der Waals surface area (Å²) in [5.74, 6) is -0.628. The summed E-state index contributed by atoms with van der Waals surface area (Å²) in [6.45, 7) is 4.12. The predicted molar refractivity (Wildman–Crippen MR) is 104 cm³/mol. The van der Waals surface area contributed by atoms with Crippen molar-refractivity contribution in [3.05, 3.63) is 53.8 Å². The van der Waals surface area contributed by atoms with Crippen molar-refractivity contribution < 1.29 is 19.1 Å². The second-order valence-electron chi connectivity index (χ2n) is 7.23. The first-order chi connectivity index (χ1) is 13.5. The van der Waals surface area contributed by atoms with Crippen LogP contribution in [-0.4, -0.2) is 54.0 Å². The van der Waals surface area contributed by atoms with Gasteiger partial charge in [-0.15, -0.1) is 0 Å². The van der Waals surface area contributed by atoms with Crippen molar-refractivity contribution in [2.24, 2.45) is 0 Å². The van der Waals surface area contributed by atoms with Crippen LogP contribution in [0.3, 0.4) is 0 Å². The number of hydrogen-bond donors (Lipinski definition) is 1. The molecule has 2 aliphatic rings. The molecule has 2 saturated heterocycles. The number of halogens is 1. The van der Waals surface area contributed by atoms with E-state index in [9.17, 15) is 19.1 Å². The van der Waals surface area contributed by atoms with Crippen molar-refractivity contribution in [2.45, 2.75) is 19.4 Å². The van der Waals surface area contributed by atoms with E-state index < -0.39 is 6.04 Å². The number of imide groups is 1. The van der Waals surface area contributed by atoms with E-state index in [0.717, 1.165) is 0 Å². The Morgan fingerprint density at radius 2 is 1.71 bits per heavy atom. The minimum absolute atomic E-state index is 0.0983. The zero-order chi connectivity index (χ0) is 19.8. The first kappa shape index (κ1) is 18.4. The molecule has 1 unspecified atom stereocenters. The Kier molecular flexibility index (Phi) is 4.77. The molecule has 0 radical (unpaired) electrons. The molecule has 2 aromatic carbocycles. The number of piperazine rings is 1. The van der Waals surface area contributed by atoms with Gasteiger partial charge >= 0.3 is 0 Å². The molecule has 2 amide bonds. The van der Waals surface area contributed by atoms with Crippen LogP contribution in [0.15, 0.2) is 42.5 Å². The fraction of sp³-hybridized carbons (Fsp3) is 0.333. The van der Waals surface area contributed by atoms with E-state index in [2.05, 4.69) is 0 Å². The number of carbonyl (C=O) groups is 2. The average Bonchev–Trinajstić information content (AvgIpc) is 2.97. The molecule has 28 heavy (non-hydrogen) atoms. The fourth-order valence-corrected chi connectivity index (χ4v) is 4.03. The van der Waals surface area contributed by atoms with Crippen molar-refractivity contribution in [1.29, 1.82) is 0 Å². The third-order valence-corrected chi connectivity index (χ3v) is 5.49. The topological polar surface area (TPSA) is 64.1 Å². The van der Waals surface area contributed by atoms with Crippen molar-refractivity contribution in [3.8, 4) is 5.75 Å². The molecule has 146 valence electrons. The molecule has 2 fully saturated rings. The molecule has 2 aliphatic heterocycles. The highest BCUT2D eigenvalue weighted by atomic mass is 19.1. The van der Waals surface area contributed by atoms with E-state index in [1.165, 1.54) is 23.1 Å². The van der Waals surface area contributed by atoms with Crippen molar-refractivity contribution in [1.82, 2.24) is 4.90 Å². The Morgan fingerprint density at radius 3 is 2.39 bits per heavy atom. The highest BCUT2D eigenvalue weighted by Gasteiger charge is 2.43. The summed E-state index contributed by atoms with van der Waals surface area (Å²) in [6.07, 6.45) is 0.138. The SMILES string of the molecule is Cc1cc(O)ccc1N1C(=O)CC(N2CCN(c3ccccc3F)CC2)C1=O. The molecule has 1 N–H and O–H groups in total. The number of aryl methyl sites for hydroxylation is 1. The van der Waals surface area contributed by atoms with Crippen LogP contribution < -0.4 is 9.80 Å². The van der Waals surface area contributed by atoms with Gasteiger partial charge in [-0.05, 0) is 42.8 Å². The highest BCUT2D eigenvalue weighted by molar-refractivity contribution is 6.22. The lowest BCUT2D eigenvalue weighted by atomic mass is 10.1. The summed E-state index contributed by atoms with van der Waals surface area (Å²) in [5, 5.41) is 9.58. The van der Waals surface area contributed by atoms with E-state index in [1.54, 1.807) is 25.1 Å². The van der Waals surface area contributed by atoms with Gasteiger partial charge in [0.25, 0.3) is 5.91 Å². The largest absolute Gasteiger partial charge is 0.508 e. The standard InChI is InChI=1S/C21H22FN3O3/c1-14-12-15(26)6-7-17(14)25-20(27)13-19(21(25)28)24-10-8-23(9-11-24)18-5-3-2-4-16(18)22/h2-7,12,19,26H,8-11,13H2,1H3. The van der Waals surface area contributed by atoms with Gasteiger partial charge < -0.3 is 10.0 Å². The van der Waals surface area contributed by atoms with E-state index in [-0.39, 0.29) is 29.8 Å². The summed E-state index contributed by atoms with van der Waals surface area (Å²) in [6, 6.07) is 10.8. The van der Waals surface area contributed by atoms with Crippen LogP contribution in [0.25, 0.3) is 0 Å². The van der Waals surface area contributed by atoms with Gasteiger partial charge in [-0.3, -0.25) is 14.5 Å². The minimum Gasteiger partial charge on any atom is -0.508 e. The Bertz CT molecular complexity index is 925. The molecular formula is C21H22FN3O3. The number of hydrogen-bond acceptors (Lipinski definition) is 5. The van der Waals surface area contributed by atoms with Crippen LogP contribution >= 0.6 is 0 Å². The van der Waals surface area contributed by atoms with Gasteiger partial charge in [-0.2, -0.15) is 0 Å². The predicted octanol–water partition coefficient (Wildman–Crippen LogP) is 2.29. The zero-order valence-electron chi connectivity index (χ0n) is 15.6. The molecule has 4 rings (SSSR count). The second-order valence-corrected chi connectivity index (χ2v) is 7.23. The number of benzene rings is 2. The Labute approximate surface area is 162 Å². The van der Waals surface area contributed by atoms with Gasteiger partial charge in [0.2, 0.25) is 5.91 Å². The number of phenols is 1. The minimum atomic E-state index is -0.497. The van der Waals surface area contributed by atoms with Crippen LogP contribution in [0.2, 0.25) is 0 Å². The Balaban J connectivity index is 1.47. The lowest BCUT2D eigenvalue weighted by Crippen LogP contribution is -2.52. The van der Waals surface area contributed by atoms with E-state index in [4.69, 9.17) is 0 Å². The van der Waals surface area contributed by atoms with Crippen molar-refractivity contribution in [3.63, 3.8) is 0 Å². The summed E-state index contributed by atoms with van der Waals surface area (Å²) in [4.78, 5) is 30.7. The maximum Gasteiger partial charge on any atom is 0.251 e. The lowest BCUT2D eigenvalue weighted by molar-refractivity contribution is -0.123. The molecule has 0 aliphatic carbocycles. The normalized spacial score (nSPS) is 20.9. The van der Waals surface area contributed by atoms with Crippen LogP contribution in [0.4, 0.5) is 15.8 Å². The lowest BCUT2D eigenvalue weighted by Gasteiger charge is -2.38. The van der Waals surface area contributed by atoms with Gasteiger partial charge in [0.15, 0.2) is 0 Å². The number of rotatable bonds is 3. The summed E-state index contributed by atoms with van der Waals surface area (Å²) >= 11 is 0. The smallest absolute Gasteiger partial charge is 0.251 e. The Morgan fingerprint density at radius 1 is 1.00 bits per heavy atom. The molecule has 1 atom stereocenters. The quantitative estimate of drug-likeness (QED) is 0.824. The summed E-state index contributed by atoms with van der Waals surface area (Å²) < 4.78 is 14.0. The van der Waals surface area contributed by atoms with Gasteiger partial charge in [0, 0.05) is 26.2 Å². The van der Waals surface area contributed by atoms with Crippen LogP contribution in [0.1, 0.15) is 12.0 Å². The maximum atomic E-state index is 14.0. The first-order valence-electron chi connectivity index (χ1n) is 9.35. The van der Waals surface area contributed by atoms with Gasteiger partial charge in [0.1, 0.15) is 11.6 Å². The average molecular weight is 383 g/mol.